The van der Waals surface area contributed by atoms with E-state index in [1.54, 1.807) is 0 Å². The first-order valence-corrected chi connectivity index (χ1v) is 14.9. The summed E-state index contributed by atoms with van der Waals surface area (Å²) in [6, 6.07) is 31.5. The molecule has 1 fully saturated rings. The fraction of sp³-hybridized carbons (Fsp3) is 0.375. The Morgan fingerprint density at radius 2 is 1.35 bits per heavy atom. The first-order chi connectivity index (χ1) is 17.6. The van der Waals surface area contributed by atoms with Crippen LogP contribution < -0.4 is 10.4 Å². The monoisotopic (exact) mass is 516 g/mol. The summed E-state index contributed by atoms with van der Waals surface area (Å²) in [4.78, 5) is 0. The zero-order valence-corrected chi connectivity index (χ0v) is 23.8. The molecule has 0 aromatic heterocycles. The number of hydrogen-bond acceptors (Lipinski definition) is 4. The quantitative estimate of drug-likeness (QED) is 0.250. The third-order valence-electron chi connectivity index (χ3n) is 6.87. The van der Waals surface area contributed by atoms with Gasteiger partial charge in [0, 0.05) is 0 Å². The fourth-order valence-electron chi connectivity index (χ4n) is 5.23. The molecule has 196 valence electrons. The maximum atomic E-state index is 7.15. The molecule has 0 N–H and O–H groups in total. The number of ether oxygens (including phenoxy) is 3. The van der Waals surface area contributed by atoms with Crippen molar-refractivity contribution in [3.05, 3.63) is 109 Å². The molecule has 0 bridgehead atoms. The van der Waals surface area contributed by atoms with Gasteiger partial charge in [-0.05, 0) is 40.4 Å². The predicted molar refractivity (Wildman–Crippen MR) is 153 cm³/mol. The van der Waals surface area contributed by atoms with Crippen LogP contribution in [0.25, 0.3) is 0 Å². The molecule has 4 rings (SSSR count). The molecule has 1 saturated heterocycles. The zero-order valence-electron chi connectivity index (χ0n) is 22.8. The highest BCUT2D eigenvalue weighted by molar-refractivity contribution is 6.99. The van der Waals surface area contributed by atoms with Crippen LogP contribution in [0, 0.1) is 0 Å². The highest BCUT2D eigenvalue weighted by Gasteiger charge is 2.52. The summed E-state index contributed by atoms with van der Waals surface area (Å²) in [6.07, 6.45) is -0.603. The van der Waals surface area contributed by atoms with Crippen molar-refractivity contribution in [2.24, 2.45) is 0 Å². The van der Waals surface area contributed by atoms with E-state index in [1.165, 1.54) is 10.4 Å². The second kappa shape index (κ2) is 11.5. The van der Waals surface area contributed by atoms with Crippen LogP contribution in [-0.4, -0.2) is 39.5 Å². The van der Waals surface area contributed by atoms with E-state index in [0.29, 0.717) is 19.8 Å². The Balaban J connectivity index is 1.56. The third-order valence-corrected chi connectivity index (χ3v) is 11.9. The van der Waals surface area contributed by atoms with E-state index in [-0.39, 0.29) is 17.2 Å². The second-order valence-corrected chi connectivity index (χ2v) is 15.5. The Hall–Kier alpha value is -2.54. The molecule has 0 radical (unpaired) electrons. The van der Waals surface area contributed by atoms with Crippen molar-refractivity contribution in [1.29, 1.82) is 0 Å². The van der Waals surface area contributed by atoms with Crippen molar-refractivity contribution in [3.63, 3.8) is 0 Å². The molecule has 0 aliphatic carbocycles. The van der Waals surface area contributed by atoms with Gasteiger partial charge < -0.3 is 18.6 Å². The van der Waals surface area contributed by atoms with Crippen LogP contribution in [0.4, 0.5) is 0 Å². The summed E-state index contributed by atoms with van der Waals surface area (Å²) in [5.74, 6) is -0.730. The average molecular weight is 517 g/mol. The molecule has 0 unspecified atom stereocenters. The summed E-state index contributed by atoms with van der Waals surface area (Å²) >= 11 is 0. The van der Waals surface area contributed by atoms with Crippen molar-refractivity contribution in [1.82, 2.24) is 0 Å². The van der Waals surface area contributed by atoms with Crippen LogP contribution in [0.15, 0.2) is 103 Å². The van der Waals surface area contributed by atoms with Gasteiger partial charge in [-0.25, -0.2) is 0 Å². The lowest BCUT2D eigenvalue weighted by atomic mass is 10.1. The van der Waals surface area contributed by atoms with Crippen LogP contribution in [-0.2, 0) is 25.2 Å². The van der Waals surface area contributed by atoms with E-state index in [2.05, 4.69) is 100 Å². The maximum Gasteiger partial charge on any atom is 0.261 e. The van der Waals surface area contributed by atoms with Gasteiger partial charge >= 0.3 is 0 Å². The van der Waals surface area contributed by atoms with Gasteiger partial charge in [0.25, 0.3) is 8.32 Å². The highest BCUT2D eigenvalue weighted by atomic mass is 28.4. The number of rotatable bonds is 10. The van der Waals surface area contributed by atoms with Crippen LogP contribution >= 0.6 is 0 Å². The molecule has 1 aliphatic rings. The van der Waals surface area contributed by atoms with Gasteiger partial charge in [-0.3, -0.25) is 0 Å². The van der Waals surface area contributed by atoms with Crippen molar-refractivity contribution in [2.75, 3.05) is 13.2 Å². The van der Waals surface area contributed by atoms with E-state index in [1.807, 2.05) is 32.0 Å². The highest BCUT2D eigenvalue weighted by Crippen LogP contribution is 2.38. The molecule has 37 heavy (non-hydrogen) atoms. The Kier molecular flexibility index (Phi) is 8.51. The van der Waals surface area contributed by atoms with Gasteiger partial charge in [0.2, 0.25) is 0 Å². The minimum atomic E-state index is -2.69. The molecule has 5 heteroatoms. The zero-order chi connectivity index (χ0) is 26.5. The lowest BCUT2D eigenvalue weighted by Crippen LogP contribution is -2.67. The first-order valence-electron chi connectivity index (χ1n) is 13.0. The van der Waals surface area contributed by atoms with Gasteiger partial charge in [0.1, 0.15) is 12.2 Å². The Morgan fingerprint density at radius 3 is 1.86 bits per heavy atom. The van der Waals surface area contributed by atoms with E-state index in [9.17, 15) is 0 Å². The predicted octanol–water partition coefficient (Wildman–Crippen LogP) is 5.86. The minimum Gasteiger partial charge on any atom is -0.405 e. The topological polar surface area (TPSA) is 36.9 Å². The van der Waals surface area contributed by atoms with Crippen LogP contribution in [0.1, 0.15) is 40.2 Å². The summed E-state index contributed by atoms with van der Waals surface area (Å²) in [5.41, 5.74) is 1.99. The Morgan fingerprint density at radius 1 is 0.838 bits per heavy atom. The molecule has 0 amide bonds. The number of hydrogen-bond donors (Lipinski definition) is 0. The Bertz CT molecular complexity index is 1100. The summed E-state index contributed by atoms with van der Waals surface area (Å²) in [6.45, 7) is 16.4. The van der Waals surface area contributed by atoms with Crippen LogP contribution in [0.3, 0.4) is 0 Å². The smallest absolute Gasteiger partial charge is 0.261 e. The average Bonchev–Trinajstić information content (AvgIpc) is 3.20. The third kappa shape index (κ3) is 6.31. The molecular formula is C32H40O4Si. The van der Waals surface area contributed by atoms with Crippen molar-refractivity contribution < 1.29 is 18.6 Å². The largest absolute Gasteiger partial charge is 0.405 e. The minimum absolute atomic E-state index is 0.115. The lowest BCUT2D eigenvalue weighted by Gasteiger charge is -2.43. The van der Waals surface area contributed by atoms with Crippen molar-refractivity contribution in [3.8, 4) is 0 Å². The molecule has 4 nitrogen and oxygen atoms in total. The first kappa shape index (κ1) is 27.5. The lowest BCUT2D eigenvalue weighted by molar-refractivity contribution is -0.146. The van der Waals surface area contributed by atoms with Gasteiger partial charge in [0.15, 0.2) is 5.79 Å². The standard InChI is InChI=1S/C32H40O4Si/c1-25(22-33-23-26-16-10-7-11-17-26)30-29(35-32(5,6)36-30)24-34-37(31(2,3)4,27-18-12-8-13-19-27)28-20-14-9-15-21-28/h7-21,29-30H,1,22-24H2,2-6H3/t29-,30+/m0/s1. The molecule has 0 saturated carbocycles. The van der Waals surface area contributed by atoms with Gasteiger partial charge in [0.05, 0.1) is 19.8 Å². The summed E-state index contributed by atoms with van der Waals surface area (Å²) in [5, 5.41) is 2.37. The van der Waals surface area contributed by atoms with Gasteiger partial charge in [-0.15, -0.1) is 0 Å². The van der Waals surface area contributed by atoms with Crippen molar-refractivity contribution >= 4 is 18.7 Å². The van der Waals surface area contributed by atoms with Crippen LogP contribution in [0.2, 0.25) is 5.04 Å². The second-order valence-electron chi connectivity index (χ2n) is 11.2. The SMILES string of the molecule is C=C(COCc1ccccc1)[C@H]1OC(C)(C)O[C@H]1CO[Si](c1ccccc1)(c1ccccc1)C(C)(C)C. The molecule has 2 atom stereocenters. The maximum absolute atomic E-state index is 7.15. The van der Waals surface area contributed by atoms with E-state index in [4.69, 9.17) is 18.6 Å². The molecule has 1 heterocycles. The molecular weight excluding hydrogens is 476 g/mol. The number of benzene rings is 3. The fourth-order valence-corrected chi connectivity index (χ4v) is 9.80. The summed E-state index contributed by atoms with van der Waals surface area (Å²) < 4.78 is 25.8. The van der Waals surface area contributed by atoms with Crippen LogP contribution in [0.5, 0.6) is 0 Å². The van der Waals surface area contributed by atoms with Gasteiger partial charge in [-0.2, -0.15) is 0 Å². The molecule has 0 spiro atoms. The summed E-state index contributed by atoms with van der Waals surface area (Å²) in [7, 11) is -2.69. The molecule has 1 aliphatic heterocycles. The Labute approximate surface area is 223 Å². The van der Waals surface area contributed by atoms with E-state index < -0.39 is 14.1 Å². The van der Waals surface area contributed by atoms with E-state index in [0.717, 1.165) is 11.1 Å². The van der Waals surface area contributed by atoms with E-state index >= 15 is 0 Å². The molecule has 3 aromatic rings. The molecule has 3 aromatic carbocycles. The van der Waals surface area contributed by atoms with Crippen molar-refractivity contribution in [2.45, 2.75) is 64.3 Å². The van der Waals surface area contributed by atoms with Gasteiger partial charge in [-0.1, -0.05) is 118 Å². The normalized spacial score (nSPS) is 19.6.